The fraction of sp³-hybridized carbons (Fsp3) is 1.00. The quantitative estimate of drug-likeness (QED) is 0.425. The third-order valence-corrected chi connectivity index (χ3v) is 0.142. The van der Waals surface area contributed by atoms with E-state index >= 15 is 0 Å². The van der Waals surface area contributed by atoms with E-state index < -0.39 is 19.1 Å². The molecule has 0 bridgehead atoms. The van der Waals surface area contributed by atoms with Crippen molar-refractivity contribution >= 4 is 11.6 Å². The summed E-state index contributed by atoms with van der Waals surface area (Å²) in [6.45, 7) is -3.04. The highest BCUT2D eigenvalue weighted by Gasteiger charge is 1.59. The normalized spacial score (nSPS) is 43.8. The van der Waals surface area contributed by atoms with Gasteiger partial charge in [0.05, 0.1) is 0 Å². The maximum Gasteiger partial charge on any atom is 0.0435 e. The number of rotatable bonds is 1. The average Bonchev–Trinajstić information content (AvgIpc) is 1.58. The summed E-state index contributed by atoms with van der Waals surface area (Å²) in [5.41, 5.74) is 0. The molecule has 0 nitrogen and oxygen atoms in total. The summed E-state index contributed by atoms with van der Waals surface area (Å²) in [7, 11) is 0. The first-order valence-corrected chi connectivity index (χ1v) is 1.07. The zero-order valence-electron chi connectivity index (χ0n) is 8.88. The fourth-order valence-electron chi connectivity index (χ4n) is 0. The van der Waals surface area contributed by atoms with Gasteiger partial charge in [0, 0.05) is 15.4 Å². The third kappa shape index (κ3) is 2.29. The van der Waals surface area contributed by atoms with Crippen LogP contribution in [0.5, 0.6) is 0 Å². The van der Waals surface area contributed by atoms with E-state index in [1.165, 1.54) is 0 Å². The standard InChI is InChI=1S/C3H7Cl/c1-2-3-4/h2-3H2,1H3/i1D3,2D2,3D2. The summed E-state index contributed by atoms with van der Waals surface area (Å²) in [6.07, 6.45) is -3.03. The van der Waals surface area contributed by atoms with Crippen molar-refractivity contribution in [2.75, 3.05) is 5.83 Å². The van der Waals surface area contributed by atoms with Gasteiger partial charge in [-0.3, -0.25) is 0 Å². The van der Waals surface area contributed by atoms with Crippen LogP contribution >= 0.6 is 11.6 Å². The van der Waals surface area contributed by atoms with E-state index in [2.05, 4.69) is 0 Å². The molecule has 0 unspecified atom stereocenters. The summed E-state index contributed by atoms with van der Waals surface area (Å²) in [4.78, 5) is 0. The summed E-state index contributed by atoms with van der Waals surface area (Å²) < 4.78 is 46.9. The van der Waals surface area contributed by atoms with Crippen LogP contribution < -0.4 is 0 Å². The minimum atomic E-state index is -3.04. The van der Waals surface area contributed by atoms with Crippen molar-refractivity contribution in [3.8, 4) is 0 Å². The predicted octanol–water partition coefficient (Wildman–Crippen LogP) is 1.64. The Kier molecular flexibility index (Phi) is 0.361. The van der Waals surface area contributed by atoms with Crippen LogP contribution in [-0.2, 0) is 0 Å². The van der Waals surface area contributed by atoms with Gasteiger partial charge in [-0.15, -0.1) is 11.6 Å². The van der Waals surface area contributed by atoms with E-state index in [1.54, 1.807) is 0 Å². The molecule has 0 aliphatic heterocycles. The van der Waals surface area contributed by atoms with Gasteiger partial charge in [0.1, 0.15) is 0 Å². The Balaban J connectivity index is 4.75. The van der Waals surface area contributed by atoms with Gasteiger partial charge < -0.3 is 0 Å². The molecule has 0 aliphatic carbocycles. The maximum absolute atomic E-state index is 6.83. The molecule has 0 rings (SSSR count). The molecule has 0 saturated heterocycles. The fourth-order valence-corrected chi connectivity index (χ4v) is 0. The van der Waals surface area contributed by atoms with E-state index in [0.29, 0.717) is 0 Å². The Labute approximate surface area is 41.6 Å². The average molecular weight is 85.6 g/mol. The summed E-state index contributed by atoms with van der Waals surface area (Å²) >= 11 is 4.91. The Hall–Kier alpha value is 0.290. The first-order valence-electron chi connectivity index (χ1n) is 4.19. The van der Waals surface area contributed by atoms with E-state index in [1.807, 2.05) is 0 Å². The van der Waals surface area contributed by atoms with Crippen LogP contribution in [0.2, 0.25) is 0 Å². The van der Waals surface area contributed by atoms with Crippen molar-refractivity contribution < 1.29 is 9.60 Å². The molecule has 0 atom stereocenters. The molecule has 0 saturated carbocycles. The monoisotopic (exact) mass is 85.1 g/mol. The third-order valence-electron chi connectivity index (χ3n) is 0.0472. The van der Waals surface area contributed by atoms with E-state index in [-0.39, 0.29) is 0 Å². The Morgan fingerprint density at radius 2 is 3.25 bits per heavy atom. The van der Waals surface area contributed by atoms with Crippen LogP contribution in [0.4, 0.5) is 0 Å². The van der Waals surface area contributed by atoms with Crippen molar-refractivity contribution in [2.45, 2.75) is 13.2 Å². The second-order valence-electron chi connectivity index (χ2n) is 0.219. The highest BCUT2D eigenvalue weighted by atomic mass is 35.5. The molecule has 0 aromatic heterocycles. The molecule has 0 N–H and O–H groups in total. The number of hydrogen-bond donors (Lipinski definition) is 0. The molecule has 0 heterocycles. The topological polar surface area (TPSA) is 0 Å². The van der Waals surface area contributed by atoms with Crippen LogP contribution in [-0.4, -0.2) is 5.83 Å². The lowest BCUT2D eigenvalue weighted by Gasteiger charge is -1.65. The molecule has 1 heteroatoms. The van der Waals surface area contributed by atoms with Crippen molar-refractivity contribution in [3.63, 3.8) is 0 Å². The minimum Gasteiger partial charge on any atom is -0.127 e. The van der Waals surface area contributed by atoms with Crippen LogP contribution in [0.3, 0.4) is 0 Å². The summed E-state index contributed by atoms with van der Waals surface area (Å²) in [6, 6.07) is 0. The van der Waals surface area contributed by atoms with Crippen LogP contribution in [0.25, 0.3) is 0 Å². The van der Waals surface area contributed by atoms with Crippen molar-refractivity contribution in [3.05, 3.63) is 0 Å². The van der Waals surface area contributed by atoms with Crippen molar-refractivity contribution in [2.24, 2.45) is 0 Å². The highest BCUT2D eigenvalue weighted by Crippen LogP contribution is 1.75. The molecular weight excluding hydrogens is 71.5 g/mol. The lowest BCUT2D eigenvalue weighted by Crippen LogP contribution is -1.55. The van der Waals surface area contributed by atoms with Crippen molar-refractivity contribution in [1.29, 1.82) is 0 Å². The lowest BCUT2D eigenvalue weighted by atomic mass is 10.6. The molecular formula is C3H7Cl. The zero-order chi connectivity index (χ0) is 9.50. The van der Waals surface area contributed by atoms with E-state index in [4.69, 9.17) is 21.2 Å². The molecule has 4 heavy (non-hydrogen) atoms. The first-order chi connectivity index (χ1) is 4.50. The summed E-state index contributed by atoms with van der Waals surface area (Å²) in [5.74, 6) is -2.88. The second-order valence-corrected chi connectivity index (χ2v) is 0.408. The number of hydrogen-bond acceptors (Lipinski definition) is 0. The SMILES string of the molecule is [2H]C([2H])([2H])C([2H])([2H])C([2H])([2H])Cl. The zero-order valence-corrected chi connectivity index (χ0v) is 2.63. The van der Waals surface area contributed by atoms with Crippen molar-refractivity contribution in [1.82, 2.24) is 0 Å². The van der Waals surface area contributed by atoms with Gasteiger partial charge in [0.15, 0.2) is 0 Å². The van der Waals surface area contributed by atoms with Crippen LogP contribution in [0, 0.1) is 0 Å². The molecule has 0 amide bonds. The maximum atomic E-state index is 6.83. The molecule has 26 valence electrons. The first kappa shape index (κ1) is 0.439. The highest BCUT2D eigenvalue weighted by molar-refractivity contribution is 6.17. The second kappa shape index (κ2) is 3.29. The summed E-state index contributed by atoms with van der Waals surface area (Å²) in [5, 5.41) is 0. The molecule has 0 radical (unpaired) electrons. The smallest absolute Gasteiger partial charge is 0.0435 e. The number of halogens is 1. The van der Waals surface area contributed by atoms with Gasteiger partial charge in [0.2, 0.25) is 0 Å². The Bertz CT molecular complexity index is 125. The molecule has 0 aromatic rings. The van der Waals surface area contributed by atoms with Gasteiger partial charge in [-0.05, 0) is 6.37 Å². The van der Waals surface area contributed by atoms with E-state index in [0.717, 1.165) is 0 Å². The van der Waals surface area contributed by atoms with Crippen LogP contribution in [0.1, 0.15) is 22.8 Å². The number of alkyl halides is 1. The molecule has 0 spiro atoms. The minimum absolute atomic E-state index is 2.88. The molecule has 0 aliphatic rings. The lowest BCUT2D eigenvalue weighted by molar-refractivity contribution is 1.10. The van der Waals surface area contributed by atoms with Gasteiger partial charge >= 0.3 is 0 Å². The van der Waals surface area contributed by atoms with Gasteiger partial charge in [-0.2, -0.15) is 0 Å². The van der Waals surface area contributed by atoms with E-state index in [9.17, 15) is 0 Å². The predicted molar refractivity (Wildman–Crippen MR) is 21.0 cm³/mol. The molecule has 0 aromatic carbocycles. The van der Waals surface area contributed by atoms with Gasteiger partial charge in [0.25, 0.3) is 0 Å². The molecule has 0 fully saturated rings. The Morgan fingerprint density at radius 1 is 2.50 bits per heavy atom. The Morgan fingerprint density at radius 3 is 3.25 bits per heavy atom. The largest absolute Gasteiger partial charge is 0.127 e. The van der Waals surface area contributed by atoms with Gasteiger partial charge in [-0.1, -0.05) is 6.85 Å². The van der Waals surface area contributed by atoms with Crippen LogP contribution in [0.15, 0.2) is 0 Å². The van der Waals surface area contributed by atoms with Gasteiger partial charge in [-0.25, -0.2) is 0 Å².